The third kappa shape index (κ3) is 2.51. The van der Waals surface area contributed by atoms with E-state index in [-0.39, 0.29) is 6.61 Å². The van der Waals surface area contributed by atoms with Crippen LogP contribution >= 0.6 is 0 Å². The van der Waals surface area contributed by atoms with E-state index in [0.717, 1.165) is 16.6 Å². The van der Waals surface area contributed by atoms with Crippen molar-refractivity contribution in [3.05, 3.63) is 65.5 Å². The summed E-state index contributed by atoms with van der Waals surface area (Å²) in [7, 11) is 0. The highest BCUT2D eigenvalue weighted by Gasteiger charge is 2.10. The fourth-order valence-corrected chi connectivity index (χ4v) is 2.38. The number of benzene rings is 2. The van der Waals surface area contributed by atoms with E-state index in [2.05, 4.69) is 4.98 Å². The average molecular weight is 281 g/mol. The molecule has 1 amide bonds. The Morgan fingerprint density at radius 2 is 1.86 bits per heavy atom. The molecule has 3 N–H and O–H groups in total. The number of carbonyl (C=O) groups is 1. The number of para-hydroxylation sites is 2. The highest BCUT2D eigenvalue weighted by atomic mass is 16.3. The van der Waals surface area contributed by atoms with E-state index in [1.165, 1.54) is 0 Å². The van der Waals surface area contributed by atoms with Gasteiger partial charge in [-0.1, -0.05) is 24.3 Å². The zero-order valence-electron chi connectivity index (χ0n) is 11.4. The van der Waals surface area contributed by atoms with E-state index in [1.54, 1.807) is 12.1 Å². The number of aliphatic hydroxyl groups excluding tert-OH is 1. The van der Waals surface area contributed by atoms with E-state index in [4.69, 9.17) is 5.73 Å². The van der Waals surface area contributed by atoms with Crippen molar-refractivity contribution in [2.75, 3.05) is 0 Å². The lowest BCUT2D eigenvalue weighted by Crippen LogP contribution is -2.11. The minimum atomic E-state index is -0.439. The third-order valence-corrected chi connectivity index (χ3v) is 3.45. The van der Waals surface area contributed by atoms with Crippen LogP contribution in [0.3, 0.4) is 0 Å². The van der Waals surface area contributed by atoms with Crippen molar-refractivity contribution in [2.45, 2.75) is 13.2 Å². The molecule has 106 valence electrons. The third-order valence-electron chi connectivity index (χ3n) is 3.45. The Bertz CT molecular complexity index is 791. The second kappa shape index (κ2) is 5.38. The van der Waals surface area contributed by atoms with Crippen LogP contribution < -0.4 is 5.73 Å². The predicted molar refractivity (Wildman–Crippen MR) is 79.7 cm³/mol. The lowest BCUT2D eigenvalue weighted by molar-refractivity contribution is 0.100. The van der Waals surface area contributed by atoms with E-state index in [9.17, 15) is 9.90 Å². The molecule has 0 aliphatic heterocycles. The fraction of sp³-hybridized carbons (Fsp3) is 0.125. The number of carbonyl (C=O) groups excluding carboxylic acids is 1. The van der Waals surface area contributed by atoms with Crippen LogP contribution in [-0.2, 0) is 13.2 Å². The first-order valence-corrected chi connectivity index (χ1v) is 6.63. The van der Waals surface area contributed by atoms with Crippen molar-refractivity contribution in [1.29, 1.82) is 0 Å². The van der Waals surface area contributed by atoms with Crippen LogP contribution in [0.4, 0.5) is 0 Å². The number of aliphatic hydroxyl groups is 1. The first-order valence-electron chi connectivity index (χ1n) is 6.63. The molecule has 3 aromatic rings. The van der Waals surface area contributed by atoms with Gasteiger partial charge in [0.15, 0.2) is 0 Å². The van der Waals surface area contributed by atoms with Gasteiger partial charge in [0.1, 0.15) is 12.4 Å². The molecular formula is C16H15N3O2. The zero-order chi connectivity index (χ0) is 14.8. The van der Waals surface area contributed by atoms with Crippen molar-refractivity contribution < 1.29 is 9.90 Å². The molecule has 0 saturated carbocycles. The summed E-state index contributed by atoms with van der Waals surface area (Å²) in [5.41, 5.74) is 8.56. The van der Waals surface area contributed by atoms with Crippen molar-refractivity contribution in [2.24, 2.45) is 5.73 Å². The maximum absolute atomic E-state index is 11.1. The van der Waals surface area contributed by atoms with E-state index >= 15 is 0 Å². The first kappa shape index (κ1) is 13.3. The first-order chi connectivity index (χ1) is 10.2. The van der Waals surface area contributed by atoms with Crippen LogP contribution in [0.5, 0.6) is 0 Å². The maximum Gasteiger partial charge on any atom is 0.248 e. The number of rotatable bonds is 4. The van der Waals surface area contributed by atoms with Gasteiger partial charge in [-0.3, -0.25) is 4.79 Å². The van der Waals surface area contributed by atoms with Crippen LogP contribution in [0, 0.1) is 0 Å². The SMILES string of the molecule is NC(=O)c1ccc(Cn2c(CO)nc3ccccc32)cc1. The van der Waals surface area contributed by atoms with Crippen molar-refractivity contribution in [1.82, 2.24) is 9.55 Å². The number of imidazole rings is 1. The molecule has 0 fully saturated rings. The Hall–Kier alpha value is -2.66. The van der Waals surface area contributed by atoms with Gasteiger partial charge >= 0.3 is 0 Å². The Balaban J connectivity index is 1.99. The molecule has 5 heteroatoms. The van der Waals surface area contributed by atoms with Crippen LogP contribution in [0.2, 0.25) is 0 Å². The molecule has 0 spiro atoms. The van der Waals surface area contributed by atoms with E-state index in [0.29, 0.717) is 17.9 Å². The molecule has 2 aromatic carbocycles. The van der Waals surface area contributed by atoms with Crippen molar-refractivity contribution >= 4 is 16.9 Å². The zero-order valence-corrected chi connectivity index (χ0v) is 11.4. The van der Waals surface area contributed by atoms with Crippen LogP contribution in [-0.4, -0.2) is 20.6 Å². The molecule has 1 heterocycles. The highest BCUT2D eigenvalue weighted by Crippen LogP contribution is 2.18. The number of amides is 1. The second-order valence-electron chi connectivity index (χ2n) is 4.82. The lowest BCUT2D eigenvalue weighted by Gasteiger charge is -2.08. The standard InChI is InChI=1S/C16H15N3O2/c17-16(21)12-7-5-11(6-8-12)9-19-14-4-2-1-3-13(14)18-15(19)10-20/h1-8,20H,9-10H2,(H2,17,21). The topological polar surface area (TPSA) is 81.1 Å². The van der Waals surface area contributed by atoms with Gasteiger partial charge in [-0.05, 0) is 29.8 Å². The molecule has 0 aliphatic carbocycles. The molecule has 0 radical (unpaired) electrons. The van der Waals surface area contributed by atoms with Gasteiger partial charge in [0.25, 0.3) is 0 Å². The van der Waals surface area contributed by atoms with E-state index in [1.807, 2.05) is 41.0 Å². The normalized spacial score (nSPS) is 10.9. The van der Waals surface area contributed by atoms with Crippen molar-refractivity contribution in [3.63, 3.8) is 0 Å². The minimum absolute atomic E-state index is 0.117. The quantitative estimate of drug-likeness (QED) is 0.763. The smallest absolute Gasteiger partial charge is 0.248 e. The summed E-state index contributed by atoms with van der Waals surface area (Å²) in [4.78, 5) is 15.5. The van der Waals surface area contributed by atoms with Crippen LogP contribution in [0.25, 0.3) is 11.0 Å². The van der Waals surface area contributed by atoms with Gasteiger partial charge in [0, 0.05) is 12.1 Å². The number of nitrogens with zero attached hydrogens (tertiary/aromatic N) is 2. The van der Waals surface area contributed by atoms with Gasteiger partial charge in [0.2, 0.25) is 5.91 Å². The number of hydrogen-bond acceptors (Lipinski definition) is 3. The second-order valence-corrected chi connectivity index (χ2v) is 4.82. The highest BCUT2D eigenvalue weighted by molar-refractivity contribution is 5.92. The largest absolute Gasteiger partial charge is 0.388 e. The van der Waals surface area contributed by atoms with Crippen molar-refractivity contribution in [3.8, 4) is 0 Å². The molecule has 1 aromatic heterocycles. The number of nitrogens with two attached hydrogens (primary N) is 1. The Labute approximate surface area is 121 Å². The molecular weight excluding hydrogens is 266 g/mol. The molecule has 0 saturated heterocycles. The Kier molecular flexibility index (Phi) is 3.41. The molecule has 0 bridgehead atoms. The summed E-state index contributed by atoms with van der Waals surface area (Å²) in [6, 6.07) is 14.9. The van der Waals surface area contributed by atoms with Gasteiger partial charge in [0.05, 0.1) is 11.0 Å². The fourth-order valence-electron chi connectivity index (χ4n) is 2.38. The monoisotopic (exact) mass is 281 g/mol. The summed E-state index contributed by atoms with van der Waals surface area (Å²) in [6.45, 7) is 0.462. The van der Waals surface area contributed by atoms with Crippen LogP contribution in [0.1, 0.15) is 21.7 Å². The summed E-state index contributed by atoms with van der Waals surface area (Å²) in [5.74, 6) is 0.181. The molecule has 3 rings (SSSR count). The van der Waals surface area contributed by atoms with Gasteiger partial charge < -0.3 is 15.4 Å². The predicted octanol–water partition coefficient (Wildman–Crippen LogP) is 1.68. The number of fused-ring (bicyclic) bond motifs is 1. The lowest BCUT2D eigenvalue weighted by atomic mass is 10.1. The molecule has 5 nitrogen and oxygen atoms in total. The number of aromatic nitrogens is 2. The van der Waals surface area contributed by atoms with Gasteiger partial charge in [-0.25, -0.2) is 4.98 Å². The molecule has 0 aliphatic rings. The molecule has 21 heavy (non-hydrogen) atoms. The number of hydrogen-bond donors (Lipinski definition) is 2. The summed E-state index contributed by atoms with van der Waals surface area (Å²) in [6.07, 6.45) is 0. The van der Waals surface area contributed by atoms with Gasteiger partial charge in [-0.15, -0.1) is 0 Å². The summed E-state index contributed by atoms with van der Waals surface area (Å²) >= 11 is 0. The molecule has 0 atom stereocenters. The average Bonchev–Trinajstić information content (AvgIpc) is 2.86. The Morgan fingerprint density at radius 1 is 1.14 bits per heavy atom. The number of primary amides is 1. The Morgan fingerprint density at radius 3 is 2.52 bits per heavy atom. The molecule has 0 unspecified atom stereocenters. The minimum Gasteiger partial charge on any atom is -0.388 e. The van der Waals surface area contributed by atoms with Crippen LogP contribution in [0.15, 0.2) is 48.5 Å². The summed E-state index contributed by atoms with van der Waals surface area (Å²) < 4.78 is 1.97. The van der Waals surface area contributed by atoms with Gasteiger partial charge in [-0.2, -0.15) is 0 Å². The van der Waals surface area contributed by atoms with E-state index < -0.39 is 5.91 Å². The maximum atomic E-state index is 11.1. The summed E-state index contributed by atoms with van der Waals surface area (Å²) in [5, 5.41) is 9.47.